The second-order valence-electron chi connectivity index (χ2n) is 25.7. The highest BCUT2D eigenvalue weighted by Crippen LogP contribution is 2.45. The molecular weight excluding hydrogens is 1170 g/mol. The summed E-state index contributed by atoms with van der Waals surface area (Å²) in [7, 11) is -9.89. The van der Waals surface area contributed by atoms with Gasteiger partial charge in [-0.1, -0.05) is 311 Å². The number of aliphatic hydroxyl groups excluding tert-OH is 1. The van der Waals surface area contributed by atoms with Gasteiger partial charge in [0.05, 0.1) is 26.4 Å². The highest BCUT2D eigenvalue weighted by Gasteiger charge is 2.30. The largest absolute Gasteiger partial charge is 0.472 e. The number of aliphatic hydroxyl groups is 1. The maximum atomic E-state index is 13.0. The molecule has 0 bridgehead atoms. The fourth-order valence-electron chi connectivity index (χ4n) is 10.6. The minimum Gasteiger partial charge on any atom is -0.462 e. The Labute approximate surface area is 543 Å². The second kappa shape index (κ2) is 63.5. The van der Waals surface area contributed by atoms with Crippen molar-refractivity contribution in [2.24, 2.45) is 5.92 Å². The molecule has 528 valence electrons. The average Bonchev–Trinajstić information content (AvgIpc) is 3.69. The molecule has 0 spiro atoms. The third kappa shape index (κ3) is 64.6. The standard InChI is InChI=1S/C70H136O17P2/c1-6-9-12-15-18-20-22-23-24-25-26-27-28-29-30-31-32-33-35-40-46-51-56-70(75)87-66(60-81-68(73)54-49-44-41-36-38-42-47-52-63(4)5)62-85-89(78,79)83-58-64(71)57-82-88(76,77)84-61-65(59-80-67(72)53-48-43-37-17-14-11-8-3)86-69(74)55-50-45-39-34-21-19-16-13-10-7-2/h63-66,71H,6-62H2,1-5H3,(H,76,77)(H,78,79)/t64-,65+,66+/m0/s1. The van der Waals surface area contributed by atoms with Crippen molar-refractivity contribution in [3.63, 3.8) is 0 Å². The maximum absolute atomic E-state index is 13.0. The number of phosphoric acid groups is 2. The van der Waals surface area contributed by atoms with Gasteiger partial charge in [-0.05, 0) is 31.6 Å². The van der Waals surface area contributed by atoms with Gasteiger partial charge in [0.25, 0.3) is 0 Å². The van der Waals surface area contributed by atoms with E-state index in [1.165, 1.54) is 167 Å². The number of unbranched alkanes of at least 4 members (excludes halogenated alkanes) is 42. The van der Waals surface area contributed by atoms with E-state index in [0.29, 0.717) is 31.6 Å². The van der Waals surface area contributed by atoms with Gasteiger partial charge in [-0.2, -0.15) is 0 Å². The molecule has 0 aliphatic carbocycles. The van der Waals surface area contributed by atoms with Crippen LogP contribution >= 0.6 is 15.6 Å². The van der Waals surface area contributed by atoms with Crippen LogP contribution in [0.3, 0.4) is 0 Å². The van der Waals surface area contributed by atoms with E-state index in [-0.39, 0.29) is 25.7 Å². The Kier molecular flexibility index (Phi) is 62.1. The molecule has 0 heterocycles. The number of hydrogen-bond acceptors (Lipinski definition) is 15. The summed E-state index contributed by atoms with van der Waals surface area (Å²) in [6.07, 6.45) is 50.4. The summed E-state index contributed by atoms with van der Waals surface area (Å²) in [4.78, 5) is 72.3. The molecule has 0 fully saturated rings. The van der Waals surface area contributed by atoms with E-state index in [9.17, 15) is 43.2 Å². The molecule has 19 heteroatoms. The van der Waals surface area contributed by atoms with E-state index in [1.54, 1.807) is 0 Å². The smallest absolute Gasteiger partial charge is 0.462 e. The van der Waals surface area contributed by atoms with Crippen LogP contribution in [0.1, 0.15) is 362 Å². The fraction of sp³-hybridized carbons (Fsp3) is 0.943. The summed E-state index contributed by atoms with van der Waals surface area (Å²) in [5, 5.41) is 10.6. The van der Waals surface area contributed by atoms with Crippen molar-refractivity contribution in [3.05, 3.63) is 0 Å². The van der Waals surface area contributed by atoms with Gasteiger partial charge >= 0.3 is 39.5 Å². The summed E-state index contributed by atoms with van der Waals surface area (Å²) < 4.78 is 68.1. The second-order valence-corrected chi connectivity index (χ2v) is 28.7. The van der Waals surface area contributed by atoms with Crippen molar-refractivity contribution in [2.75, 3.05) is 39.6 Å². The lowest BCUT2D eigenvalue weighted by Crippen LogP contribution is -2.30. The predicted octanol–water partition coefficient (Wildman–Crippen LogP) is 20.1. The van der Waals surface area contributed by atoms with E-state index in [2.05, 4.69) is 34.6 Å². The summed E-state index contributed by atoms with van der Waals surface area (Å²) in [6, 6.07) is 0. The van der Waals surface area contributed by atoms with Crippen molar-refractivity contribution in [1.82, 2.24) is 0 Å². The Hall–Kier alpha value is -1.94. The quantitative estimate of drug-likeness (QED) is 0.0222. The molecule has 0 amide bonds. The van der Waals surface area contributed by atoms with E-state index >= 15 is 0 Å². The molecule has 89 heavy (non-hydrogen) atoms. The number of carbonyl (C=O) groups excluding carboxylic acids is 4. The molecule has 0 aliphatic rings. The molecule has 5 atom stereocenters. The van der Waals surface area contributed by atoms with Crippen molar-refractivity contribution in [1.29, 1.82) is 0 Å². The monoisotopic (exact) mass is 1310 g/mol. The van der Waals surface area contributed by atoms with Crippen LogP contribution in [0.5, 0.6) is 0 Å². The molecular formula is C70H136O17P2. The lowest BCUT2D eigenvalue weighted by atomic mass is 10.0. The Morgan fingerprint density at radius 2 is 0.517 bits per heavy atom. The Morgan fingerprint density at radius 3 is 0.764 bits per heavy atom. The van der Waals surface area contributed by atoms with Gasteiger partial charge in [0.2, 0.25) is 0 Å². The molecule has 17 nitrogen and oxygen atoms in total. The van der Waals surface area contributed by atoms with E-state index < -0.39 is 97.5 Å². The maximum Gasteiger partial charge on any atom is 0.472 e. The van der Waals surface area contributed by atoms with Crippen LogP contribution < -0.4 is 0 Å². The molecule has 0 aromatic rings. The van der Waals surface area contributed by atoms with Gasteiger partial charge in [0.1, 0.15) is 19.3 Å². The van der Waals surface area contributed by atoms with Crippen molar-refractivity contribution < 1.29 is 80.2 Å². The summed E-state index contributed by atoms with van der Waals surface area (Å²) in [5.74, 6) is -1.43. The summed E-state index contributed by atoms with van der Waals surface area (Å²) in [6.45, 7) is 7.13. The molecule has 0 radical (unpaired) electrons. The predicted molar refractivity (Wildman–Crippen MR) is 358 cm³/mol. The van der Waals surface area contributed by atoms with Crippen molar-refractivity contribution in [3.8, 4) is 0 Å². The first-order chi connectivity index (χ1) is 43.0. The van der Waals surface area contributed by atoms with Gasteiger partial charge in [-0.3, -0.25) is 37.3 Å². The van der Waals surface area contributed by atoms with E-state index in [4.69, 9.17) is 37.0 Å². The van der Waals surface area contributed by atoms with Crippen LogP contribution in [-0.2, 0) is 65.4 Å². The SMILES string of the molecule is CCCCCCCCCCCCCCCCCCCCCCCCC(=O)O[C@H](COC(=O)CCCCCCCCCC(C)C)COP(=O)(O)OC[C@@H](O)COP(=O)(O)OC[C@@H](COC(=O)CCCCCCCCC)OC(=O)CCCCCCCCCCCC. The molecule has 0 aromatic carbocycles. The molecule has 3 N–H and O–H groups in total. The van der Waals surface area contributed by atoms with Crippen LogP contribution in [-0.4, -0.2) is 96.7 Å². The number of esters is 4. The average molecular weight is 1310 g/mol. The topological polar surface area (TPSA) is 237 Å². The lowest BCUT2D eigenvalue weighted by Gasteiger charge is -2.21. The lowest BCUT2D eigenvalue weighted by molar-refractivity contribution is -0.161. The van der Waals surface area contributed by atoms with E-state index in [1.807, 2.05) is 0 Å². The highest BCUT2D eigenvalue weighted by molar-refractivity contribution is 7.47. The first-order valence-corrected chi connectivity index (χ1v) is 39.6. The highest BCUT2D eigenvalue weighted by atomic mass is 31.2. The minimum absolute atomic E-state index is 0.106. The first-order valence-electron chi connectivity index (χ1n) is 36.6. The molecule has 0 aliphatic heterocycles. The zero-order valence-electron chi connectivity index (χ0n) is 57.6. The van der Waals surface area contributed by atoms with Crippen molar-refractivity contribution in [2.45, 2.75) is 380 Å². The number of hydrogen-bond donors (Lipinski definition) is 3. The third-order valence-electron chi connectivity index (χ3n) is 16.3. The molecule has 0 saturated carbocycles. The third-order valence-corrected chi connectivity index (χ3v) is 18.2. The van der Waals surface area contributed by atoms with Crippen LogP contribution in [0.25, 0.3) is 0 Å². The normalized spacial score (nSPS) is 14.1. The van der Waals surface area contributed by atoms with Gasteiger partial charge in [0.15, 0.2) is 12.2 Å². The molecule has 0 rings (SSSR count). The summed E-state index contributed by atoms with van der Waals surface area (Å²) in [5.41, 5.74) is 0. The molecule has 2 unspecified atom stereocenters. The van der Waals surface area contributed by atoms with Crippen LogP contribution in [0.4, 0.5) is 0 Å². The Morgan fingerprint density at radius 1 is 0.303 bits per heavy atom. The fourth-order valence-corrected chi connectivity index (χ4v) is 12.2. The van der Waals surface area contributed by atoms with E-state index in [0.717, 1.165) is 109 Å². The minimum atomic E-state index is -4.95. The zero-order valence-corrected chi connectivity index (χ0v) is 59.4. The first kappa shape index (κ1) is 87.1. The Balaban J connectivity index is 5.09. The molecule has 0 aromatic heterocycles. The van der Waals surface area contributed by atoms with Crippen LogP contribution in [0.2, 0.25) is 0 Å². The number of phosphoric ester groups is 2. The Bertz CT molecular complexity index is 1720. The van der Waals surface area contributed by atoms with Gasteiger partial charge in [0, 0.05) is 25.7 Å². The zero-order chi connectivity index (χ0) is 65.6. The van der Waals surface area contributed by atoms with Gasteiger partial charge < -0.3 is 33.8 Å². The van der Waals surface area contributed by atoms with Gasteiger partial charge in [-0.15, -0.1) is 0 Å². The summed E-state index contributed by atoms with van der Waals surface area (Å²) >= 11 is 0. The van der Waals surface area contributed by atoms with Gasteiger partial charge in [-0.25, -0.2) is 9.13 Å². The van der Waals surface area contributed by atoms with Crippen LogP contribution in [0.15, 0.2) is 0 Å². The van der Waals surface area contributed by atoms with Crippen molar-refractivity contribution >= 4 is 39.5 Å². The number of ether oxygens (including phenoxy) is 4. The molecule has 0 saturated heterocycles. The number of rotatable bonds is 70. The number of carbonyl (C=O) groups is 4. The van der Waals surface area contributed by atoms with Crippen LogP contribution in [0, 0.1) is 5.92 Å².